The number of benzene rings is 1. The number of likely N-dealkylation sites (N-methyl/N-ethyl adjacent to an activating group) is 1. The van der Waals surface area contributed by atoms with Crippen molar-refractivity contribution in [3.05, 3.63) is 29.6 Å². The molecule has 108 valence electrons. The summed E-state index contributed by atoms with van der Waals surface area (Å²) in [6, 6.07) is 4.84. The molecule has 2 aliphatic heterocycles. The number of likely N-dealkylation sites (tertiary alicyclic amines) is 1. The molecule has 0 aliphatic carbocycles. The van der Waals surface area contributed by atoms with Crippen LogP contribution in [-0.2, 0) is 0 Å². The molecule has 20 heavy (non-hydrogen) atoms. The quantitative estimate of drug-likeness (QED) is 0.852. The molecule has 1 amide bonds. The first-order valence-electron chi connectivity index (χ1n) is 7.06. The minimum atomic E-state index is -0.655. The van der Waals surface area contributed by atoms with Crippen LogP contribution in [0, 0.1) is 5.82 Å². The van der Waals surface area contributed by atoms with E-state index < -0.39 is 11.7 Å². The molecular formula is C15H19FN2O2. The maximum Gasteiger partial charge on any atom is 0.260 e. The van der Waals surface area contributed by atoms with E-state index in [1.54, 1.807) is 4.90 Å². The number of nitrogens with zero attached hydrogens (tertiary/aromatic N) is 2. The normalized spacial score (nSPS) is 26.6. The predicted molar refractivity (Wildman–Crippen MR) is 73.2 cm³/mol. The van der Waals surface area contributed by atoms with Gasteiger partial charge in [0.05, 0.1) is 0 Å². The minimum absolute atomic E-state index is 0.201. The van der Waals surface area contributed by atoms with Gasteiger partial charge in [0.2, 0.25) is 0 Å². The zero-order chi connectivity index (χ0) is 14.3. The summed E-state index contributed by atoms with van der Waals surface area (Å²) >= 11 is 0. The highest BCUT2D eigenvalue weighted by Crippen LogP contribution is 2.30. The van der Waals surface area contributed by atoms with Gasteiger partial charge >= 0.3 is 0 Å². The summed E-state index contributed by atoms with van der Waals surface area (Å²) < 4.78 is 13.8. The zero-order valence-electron chi connectivity index (χ0n) is 11.6. The molecule has 2 bridgehead atoms. The number of halogens is 1. The number of amides is 1. The molecule has 2 unspecified atom stereocenters. The lowest BCUT2D eigenvalue weighted by atomic mass is 10.1. The fourth-order valence-electron chi connectivity index (χ4n) is 3.38. The van der Waals surface area contributed by atoms with E-state index in [-0.39, 0.29) is 11.3 Å². The van der Waals surface area contributed by atoms with Crippen molar-refractivity contribution in [3.8, 4) is 5.75 Å². The number of carbonyl (C=O) groups is 1. The molecule has 2 heterocycles. The van der Waals surface area contributed by atoms with Crippen LogP contribution in [0.2, 0.25) is 0 Å². The molecule has 2 fully saturated rings. The van der Waals surface area contributed by atoms with Gasteiger partial charge in [-0.1, -0.05) is 6.07 Å². The first kappa shape index (κ1) is 13.4. The Labute approximate surface area is 117 Å². The first-order chi connectivity index (χ1) is 9.58. The number of carbonyl (C=O) groups excluding carboxylic acids is 1. The van der Waals surface area contributed by atoms with Crippen molar-refractivity contribution in [1.29, 1.82) is 0 Å². The van der Waals surface area contributed by atoms with Crippen LogP contribution in [0.4, 0.5) is 4.39 Å². The standard InChI is InChI=1S/C15H19FN2O2/c1-17-10-5-6-11(17)9-18(8-7-10)15(20)14-12(16)3-2-4-13(14)19/h2-4,10-11,19H,5-9H2,1H3. The highest BCUT2D eigenvalue weighted by molar-refractivity contribution is 5.97. The Kier molecular flexibility index (Phi) is 3.38. The van der Waals surface area contributed by atoms with Crippen molar-refractivity contribution in [1.82, 2.24) is 9.80 Å². The lowest BCUT2D eigenvalue weighted by Crippen LogP contribution is -2.40. The third-order valence-electron chi connectivity index (χ3n) is 4.64. The smallest absolute Gasteiger partial charge is 0.260 e. The van der Waals surface area contributed by atoms with Crippen molar-refractivity contribution < 1.29 is 14.3 Å². The van der Waals surface area contributed by atoms with Crippen LogP contribution in [-0.4, -0.2) is 53.0 Å². The van der Waals surface area contributed by atoms with Crippen molar-refractivity contribution in [2.75, 3.05) is 20.1 Å². The molecule has 0 radical (unpaired) electrons. The topological polar surface area (TPSA) is 43.8 Å². The summed E-state index contributed by atoms with van der Waals surface area (Å²) in [5.74, 6) is -1.34. The van der Waals surface area contributed by atoms with Gasteiger partial charge in [-0.05, 0) is 38.4 Å². The number of phenols is 1. The Morgan fingerprint density at radius 3 is 2.80 bits per heavy atom. The average molecular weight is 278 g/mol. The second kappa shape index (κ2) is 5.05. The number of hydrogen-bond donors (Lipinski definition) is 1. The van der Waals surface area contributed by atoms with Gasteiger partial charge in [-0.15, -0.1) is 0 Å². The second-order valence-corrected chi connectivity index (χ2v) is 5.72. The number of fused-ring (bicyclic) bond motifs is 2. The molecule has 2 atom stereocenters. The van der Waals surface area contributed by atoms with E-state index in [2.05, 4.69) is 11.9 Å². The number of hydrogen-bond acceptors (Lipinski definition) is 3. The number of rotatable bonds is 1. The lowest BCUT2D eigenvalue weighted by molar-refractivity contribution is 0.0732. The molecule has 0 saturated carbocycles. The molecule has 0 aromatic heterocycles. The predicted octanol–water partition coefficient (Wildman–Crippen LogP) is 1.84. The fourth-order valence-corrected chi connectivity index (χ4v) is 3.38. The molecule has 4 nitrogen and oxygen atoms in total. The molecule has 1 N–H and O–H groups in total. The molecular weight excluding hydrogens is 259 g/mol. The molecule has 3 rings (SSSR count). The van der Waals surface area contributed by atoms with Crippen LogP contribution in [0.3, 0.4) is 0 Å². The van der Waals surface area contributed by atoms with Crippen LogP contribution < -0.4 is 0 Å². The highest BCUT2D eigenvalue weighted by atomic mass is 19.1. The van der Waals surface area contributed by atoms with E-state index in [0.29, 0.717) is 25.2 Å². The van der Waals surface area contributed by atoms with E-state index in [1.165, 1.54) is 24.6 Å². The summed E-state index contributed by atoms with van der Waals surface area (Å²) in [6.07, 6.45) is 3.16. The van der Waals surface area contributed by atoms with Gasteiger partial charge in [0.15, 0.2) is 0 Å². The van der Waals surface area contributed by atoms with Crippen LogP contribution in [0.5, 0.6) is 5.75 Å². The summed E-state index contributed by atoms with van der Waals surface area (Å²) in [4.78, 5) is 16.5. The van der Waals surface area contributed by atoms with E-state index in [1.807, 2.05) is 0 Å². The van der Waals surface area contributed by atoms with Gasteiger partial charge in [-0.3, -0.25) is 9.69 Å². The van der Waals surface area contributed by atoms with E-state index in [4.69, 9.17) is 0 Å². The van der Waals surface area contributed by atoms with Crippen LogP contribution in [0.1, 0.15) is 29.6 Å². The van der Waals surface area contributed by atoms with Crippen LogP contribution in [0.25, 0.3) is 0 Å². The number of aromatic hydroxyl groups is 1. The third-order valence-corrected chi connectivity index (χ3v) is 4.64. The van der Waals surface area contributed by atoms with Gasteiger partial charge in [0.25, 0.3) is 5.91 Å². The Bertz CT molecular complexity index is 514. The molecule has 0 spiro atoms. The molecule has 2 saturated heterocycles. The zero-order valence-corrected chi connectivity index (χ0v) is 11.6. The highest BCUT2D eigenvalue weighted by Gasteiger charge is 2.37. The summed E-state index contributed by atoms with van der Waals surface area (Å²) in [7, 11) is 2.09. The van der Waals surface area contributed by atoms with Gasteiger partial charge in [0, 0.05) is 25.2 Å². The molecule has 5 heteroatoms. The van der Waals surface area contributed by atoms with Crippen molar-refractivity contribution in [3.63, 3.8) is 0 Å². The van der Waals surface area contributed by atoms with Crippen molar-refractivity contribution >= 4 is 5.91 Å². The van der Waals surface area contributed by atoms with Crippen LogP contribution in [0.15, 0.2) is 18.2 Å². The Morgan fingerprint density at radius 2 is 2.05 bits per heavy atom. The van der Waals surface area contributed by atoms with Crippen molar-refractivity contribution in [2.24, 2.45) is 0 Å². The Balaban J connectivity index is 1.84. The summed E-state index contributed by atoms with van der Waals surface area (Å²) in [5.41, 5.74) is -0.201. The second-order valence-electron chi connectivity index (χ2n) is 5.72. The SMILES string of the molecule is CN1C2CCC1CN(C(=O)c1c(O)cccc1F)CC2. The Morgan fingerprint density at radius 1 is 1.30 bits per heavy atom. The number of phenolic OH excluding ortho intramolecular Hbond substituents is 1. The minimum Gasteiger partial charge on any atom is -0.507 e. The van der Waals surface area contributed by atoms with Gasteiger partial charge in [0.1, 0.15) is 17.1 Å². The maximum atomic E-state index is 13.8. The van der Waals surface area contributed by atoms with Gasteiger partial charge < -0.3 is 10.0 Å². The van der Waals surface area contributed by atoms with Crippen molar-refractivity contribution in [2.45, 2.75) is 31.3 Å². The van der Waals surface area contributed by atoms with E-state index >= 15 is 0 Å². The van der Waals surface area contributed by atoms with Gasteiger partial charge in [-0.2, -0.15) is 0 Å². The lowest BCUT2D eigenvalue weighted by Gasteiger charge is -2.26. The summed E-state index contributed by atoms with van der Waals surface area (Å²) in [6.45, 7) is 1.23. The molecule has 2 aliphatic rings. The third kappa shape index (κ3) is 2.16. The fraction of sp³-hybridized carbons (Fsp3) is 0.533. The van der Waals surface area contributed by atoms with Crippen LogP contribution >= 0.6 is 0 Å². The van der Waals surface area contributed by atoms with E-state index in [9.17, 15) is 14.3 Å². The summed E-state index contributed by atoms with van der Waals surface area (Å²) in [5, 5.41) is 9.75. The molecule has 1 aromatic carbocycles. The Hall–Kier alpha value is -1.62. The van der Waals surface area contributed by atoms with Gasteiger partial charge in [-0.25, -0.2) is 4.39 Å². The molecule has 1 aromatic rings. The first-order valence-corrected chi connectivity index (χ1v) is 7.06. The average Bonchev–Trinajstić information content (AvgIpc) is 2.62. The van der Waals surface area contributed by atoms with E-state index in [0.717, 1.165) is 12.8 Å². The maximum absolute atomic E-state index is 13.8. The largest absolute Gasteiger partial charge is 0.507 e. The monoisotopic (exact) mass is 278 g/mol.